The minimum atomic E-state index is -1.52. The molecule has 0 radical (unpaired) electrons. The number of hydrogen-bond donors (Lipinski definition) is 1. The molecule has 0 aromatic rings. The van der Waals surface area contributed by atoms with Crippen molar-refractivity contribution in [2.24, 2.45) is 0 Å². The molecule has 4 heteroatoms. The maximum Gasteiger partial charge on any atom is 0.366 e. The van der Waals surface area contributed by atoms with Gasteiger partial charge in [0.2, 0.25) is 5.83 Å². The molecule has 0 bridgehead atoms. The third kappa shape index (κ3) is 2.05. The highest BCUT2D eigenvalue weighted by molar-refractivity contribution is 5.84. The van der Waals surface area contributed by atoms with Gasteiger partial charge in [-0.15, -0.1) is 0 Å². The molecule has 58 valence electrons. The molecule has 0 aliphatic rings. The molecule has 1 N–H and O–H groups in total. The number of carboxylic acid groups (broad SMARTS) is 1. The van der Waals surface area contributed by atoms with Gasteiger partial charge >= 0.3 is 5.97 Å². The van der Waals surface area contributed by atoms with Crippen LogP contribution in [0.3, 0.4) is 0 Å². The van der Waals surface area contributed by atoms with Crippen molar-refractivity contribution in [2.45, 2.75) is 6.92 Å². The number of aliphatic carboxylic acids is 1. The molecule has 0 saturated heterocycles. The third-order valence-electron chi connectivity index (χ3n) is 1.18. The van der Waals surface area contributed by atoms with Crippen LogP contribution in [0.2, 0.25) is 0 Å². The summed E-state index contributed by atoms with van der Waals surface area (Å²) in [5.41, 5.74) is 0.118. The van der Waals surface area contributed by atoms with E-state index in [0.29, 0.717) is 0 Å². The summed E-state index contributed by atoms with van der Waals surface area (Å²) in [5.74, 6) is -2.63. The lowest BCUT2D eigenvalue weighted by molar-refractivity contribution is -0.134. The highest BCUT2D eigenvalue weighted by atomic mass is 19.1. The molecule has 0 rings (SSSR count). The van der Waals surface area contributed by atoms with Crippen LogP contribution < -0.4 is 0 Å². The topological polar surface area (TPSA) is 40.5 Å². The number of hydrogen-bond acceptors (Lipinski definition) is 2. The van der Waals surface area contributed by atoms with Crippen LogP contribution in [-0.4, -0.2) is 30.1 Å². The summed E-state index contributed by atoms with van der Waals surface area (Å²) in [7, 11) is 3.16. The molecule has 0 aromatic heterocycles. The van der Waals surface area contributed by atoms with Crippen molar-refractivity contribution in [2.75, 3.05) is 14.1 Å². The van der Waals surface area contributed by atoms with E-state index in [9.17, 15) is 9.18 Å². The molecule has 0 fully saturated rings. The molecule has 0 saturated carbocycles. The van der Waals surface area contributed by atoms with Crippen LogP contribution in [0.1, 0.15) is 6.92 Å². The number of carboxylic acids is 1. The summed E-state index contributed by atoms with van der Waals surface area (Å²) < 4.78 is 12.4. The normalized spacial score (nSPS) is 12.4. The Hall–Kier alpha value is -1.06. The second-order valence-corrected chi connectivity index (χ2v) is 2.10. The van der Waals surface area contributed by atoms with Crippen LogP contribution in [0.5, 0.6) is 0 Å². The smallest absolute Gasteiger partial charge is 0.366 e. The number of allylic oxidation sites excluding steroid dienone is 1. The van der Waals surface area contributed by atoms with Crippen molar-refractivity contribution in [3.8, 4) is 0 Å². The van der Waals surface area contributed by atoms with Gasteiger partial charge in [0.1, 0.15) is 0 Å². The third-order valence-corrected chi connectivity index (χ3v) is 1.18. The predicted molar refractivity (Wildman–Crippen MR) is 35.1 cm³/mol. The summed E-state index contributed by atoms with van der Waals surface area (Å²) >= 11 is 0. The monoisotopic (exact) mass is 147 g/mol. The van der Waals surface area contributed by atoms with Gasteiger partial charge in [-0.1, -0.05) is 0 Å². The fourth-order valence-corrected chi connectivity index (χ4v) is 0.351. The summed E-state index contributed by atoms with van der Waals surface area (Å²) in [6, 6.07) is 0. The number of carbonyl (C=O) groups is 1. The van der Waals surface area contributed by atoms with Crippen LogP contribution in [0.25, 0.3) is 0 Å². The van der Waals surface area contributed by atoms with Gasteiger partial charge in [0.25, 0.3) is 0 Å². The molecule has 3 nitrogen and oxygen atoms in total. The van der Waals surface area contributed by atoms with E-state index in [4.69, 9.17) is 5.11 Å². The van der Waals surface area contributed by atoms with Gasteiger partial charge in [-0.3, -0.25) is 0 Å². The number of rotatable bonds is 2. The first-order valence-corrected chi connectivity index (χ1v) is 2.73. The zero-order valence-corrected chi connectivity index (χ0v) is 6.18. The molecule has 0 spiro atoms. The maximum atomic E-state index is 12.4. The molecule has 0 aliphatic heterocycles. The Kier molecular flexibility index (Phi) is 2.86. The Labute approximate surface area is 58.8 Å². The largest absolute Gasteiger partial charge is 0.476 e. The van der Waals surface area contributed by atoms with Crippen LogP contribution in [0.4, 0.5) is 4.39 Å². The summed E-state index contributed by atoms with van der Waals surface area (Å²) in [4.78, 5) is 11.4. The maximum absolute atomic E-state index is 12.4. The Morgan fingerprint density at radius 2 is 1.90 bits per heavy atom. The highest BCUT2D eigenvalue weighted by Crippen LogP contribution is 2.06. The van der Waals surface area contributed by atoms with E-state index in [2.05, 4.69) is 0 Å². The average Bonchev–Trinajstić information content (AvgIpc) is 1.84. The van der Waals surface area contributed by atoms with Gasteiger partial charge in [-0.25, -0.2) is 4.79 Å². The number of nitrogens with zero attached hydrogens (tertiary/aromatic N) is 1. The molecule has 0 heterocycles. The lowest BCUT2D eigenvalue weighted by atomic mass is 10.4. The Morgan fingerprint density at radius 3 is 2.00 bits per heavy atom. The van der Waals surface area contributed by atoms with Crippen molar-refractivity contribution >= 4 is 5.97 Å². The summed E-state index contributed by atoms with van der Waals surface area (Å²) in [5, 5.41) is 8.14. The first-order valence-electron chi connectivity index (χ1n) is 2.73. The van der Waals surface area contributed by atoms with Crippen molar-refractivity contribution in [3.63, 3.8) is 0 Å². The minimum Gasteiger partial charge on any atom is -0.476 e. The minimum absolute atomic E-state index is 0.118. The molecular formula is C6H10FNO2. The van der Waals surface area contributed by atoms with Crippen LogP contribution in [-0.2, 0) is 4.79 Å². The SMILES string of the molecule is CC(=C(F)C(=O)O)N(C)C. The lowest BCUT2D eigenvalue weighted by Crippen LogP contribution is -2.12. The van der Waals surface area contributed by atoms with Gasteiger partial charge in [0.05, 0.1) is 5.70 Å². The quantitative estimate of drug-likeness (QED) is 0.588. The van der Waals surface area contributed by atoms with E-state index in [1.54, 1.807) is 14.1 Å². The summed E-state index contributed by atoms with van der Waals surface area (Å²) in [6.07, 6.45) is 0. The first-order chi connectivity index (χ1) is 4.46. The van der Waals surface area contributed by atoms with Crippen LogP contribution >= 0.6 is 0 Å². The van der Waals surface area contributed by atoms with Crippen molar-refractivity contribution < 1.29 is 14.3 Å². The number of halogens is 1. The summed E-state index contributed by atoms with van der Waals surface area (Å²) in [6.45, 7) is 1.41. The van der Waals surface area contributed by atoms with Crippen LogP contribution in [0, 0.1) is 0 Å². The van der Waals surface area contributed by atoms with E-state index in [1.807, 2.05) is 0 Å². The Bertz CT molecular complexity index is 175. The van der Waals surface area contributed by atoms with E-state index >= 15 is 0 Å². The van der Waals surface area contributed by atoms with E-state index in [0.717, 1.165) is 0 Å². The van der Waals surface area contributed by atoms with Gasteiger partial charge < -0.3 is 10.0 Å². The average molecular weight is 147 g/mol. The molecule has 0 unspecified atom stereocenters. The molecule has 10 heavy (non-hydrogen) atoms. The molecular weight excluding hydrogens is 137 g/mol. The van der Waals surface area contributed by atoms with Crippen molar-refractivity contribution in [3.05, 3.63) is 11.5 Å². The molecule has 0 aliphatic carbocycles. The van der Waals surface area contributed by atoms with Gasteiger partial charge in [0.15, 0.2) is 0 Å². The zero-order valence-electron chi connectivity index (χ0n) is 6.18. The fraction of sp³-hybridized carbons (Fsp3) is 0.500. The van der Waals surface area contributed by atoms with Gasteiger partial charge in [0, 0.05) is 14.1 Å². The highest BCUT2D eigenvalue weighted by Gasteiger charge is 2.10. The molecule has 0 atom stereocenters. The van der Waals surface area contributed by atoms with E-state index < -0.39 is 11.8 Å². The Morgan fingerprint density at radius 1 is 1.50 bits per heavy atom. The second-order valence-electron chi connectivity index (χ2n) is 2.10. The van der Waals surface area contributed by atoms with Crippen molar-refractivity contribution in [1.29, 1.82) is 0 Å². The lowest BCUT2D eigenvalue weighted by Gasteiger charge is -2.11. The molecule has 0 aromatic carbocycles. The van der Waals surface area contributed by atoms with E-state index in [1.165, 1.54) is 11.8 Å². The standard InChI is InChI=1S/C6H10FNO2/c1-4(8(2)3)5(7)6(9)10/h1-3H3,(H,9,10). The van der Waals surface area contributed by atoms with E-state index in [-0.39, 0.29) is 5.70 Å². The Balaban J connectivity index is 4.50. The van der Waals surface area contributed by atoms with Crippen molar-refractivity contribution in [1.82, 2.24) is 4.90 Å². The predicted octanol–water partition coefficient (Wildman–Crippen LogP) is 0.834. The van der Waals surface area contributed by atoms with Gasteiger partial charge in [-0.2, -0.15) is 4.39 Å². The van der Waals surface area contributed by atoms with Crippen LogP contribution in [0.15, 0.2) is 11.5 Å². The zero-order chi connectivity index (χ0) is 8.31. The first kappa shape index (κ1) is 8.94. The second kappa shape index (κ2) is 3.20. The van der Waals surface area contributed by atoms with Gasteiger partial charge in [-0.05, 0) is 6.92 Å². The fourth-order valence-electron chi connectivity index (χ4n) is 0.351. The molecule has 0 amide bonds.